The summed E-state index contributed by atoms with van der Waals surface area (Å²) in [6.45, 7) is 4.72. The molecule has 1 aliphatic carbocycles. The van der Waals surface area contributed by atoms with E-state index in [-0.39, 0.29) is 17.9 Å². The molecule has 3 aliphatic rings. The van der Waals surface area contributed by atoms with Gasteiger partial charge in [-0.15, -0.1) is 0 Å². The average Bonchev–Trinajstić information content (AvgIpc) is 3.08. The number of hydrogen-bond acceptors (Lipinski definition) is 3. The number of nitrogens with one attached hydrogen (secondary N) is 2. The Morgan fingerprint density at radius 1 is 0.909 bits per heavy atom. The fraction of sp³-hybridized carbons (Fsp3) is 0.875. The van der Waals surface area contributed by atoms with E-state index in [1.54, 1.807) is 0 Å². The Morgan fingerprint density at radius 3 is 2.36 bits per heavy atom. The van der Waals surface area contributed by atoms with Crippen LogP contribution in [0.1, 0.15) is 38.5 Å². The zero-order chi connectivity index (χ0) is 15.4. The highest BCUT2D eigenvalue weighted by Crippen LogP contribution is 2.21. The van der Waals surface area contributed by atoms with E-state index in [4.69, 9.17) is 0 Å². The zero-order valence-electron chi connectivity index (χ0n) is 13.4. The SMILES string of the molecule is O=C(NC1CCCC1)N1CCCC(C(=O)N2CCNCC2)C1. The van der Waals surface area contributed by atoms with Crippen LogP contribution in [-0.2, 0) is 4.79 Å². The molecule has 0 aromatic carbocycles. The number of piperazine rings is 1. The molecule has 3 amide bonds. The first-order valence-electron chi connectivity index (χ1n) is 8.79. The molecular weight excluding hydrogens is 280 g/mol. The highest BCUT2D eigenvalue weighted by molar-refractivity contribution is 5.81. The molecule has 1 saturated carbocycles. The van der Waals surface area contributed by atoms with Gasteiger partial charge in [0.2, 0.25) is 5.91 Å². The van der Waals surface area contributed by atoms with Gasteiger partial charge in [-0.3, -0.25) is 4.79 Å². The van der Waals surface area contributed by atoms with Crippen molar-refractivity contribution in [1.82, 2.24) is 20.4 Å². The number of carbonyl (C=O) groups excluding carboxylic acids is 2. The van der Waals surface area contributed by atoms with Crippen molar-refractivity contribution in [3.63, 3.8) is 0 Å². The number of hydrogen-bond donors (Lipinski definition) is 2. The number of nitrogens with zero attached hydrogens (tertiary/aromatic N) is 2. The lowest BCUT2D eigenvalue weighted by atomic mass is 9.96. The molecule has 3 fully saturated rings. The summed E-state index contributed by atoms with van der Waals surface area (Å²) in [4.78, 5) is 28.8. The molecule has 2 saturated heterocycles. The van der Waals surface area contributed by atoms with Gasteiger partial charge >= 0.3 is 6.03 Å². The van der Waals surface area contributed by atoms with E-state index >= 15 is 0 Å². The first-order valence-corrected chi connectivity index (χ1v) is 8.79. The van der Waals surface area contributed by atoms with Crippen LogP contribution in [0.25, 0.3) is 0 Å². The minimum absolute atomic E-state index is 0.0128. The van der Waals surface area contributed by atoms with Crippen LogP contribution >= 0.6 is 0 Å². The van der Waals surface area contributed by atoms with Gasteiger partial charge in [-0.2, -0.15) is 0 Å². The van der Waals surface area contributed by atoms with Crippen LogP contribution in [-0.4, -0.2) is 67.0 Å². The molecule has 3 rings (SSSR count). The Balaban J connectivity index is 1.51. The van der Waals surface area contributed by atoms with Crippen LogP contribution < -0.4 is 10.6 Å². The van der Waals surface area contributed by atoms with Crippen molar-refractivity contribution >= 4 is 11.9 Å². The maximum Gasteiger partial charge on any atom is 0.317 e. The van der Waals surface area contributed by atoms with Crippen molar-refractivity contribution in [3.05, 3.63) is 0 Å². The van der Waals surface area contributed by atoms with E-state index < -0.39 is 0 Å². The zero-order valence-corrected chi connectivity index (χ0v) is 13.4. The summed E-state index contributed by atoms with van der Waals surface area (Å²) in [5.74, 6) is 0.223. The molecule has 0 aromatic heterocycles. The molecule has 0 radical (unpaired) electrons. The summed E-state index contributed by atoms with van der Waals surface area (Å²) >= 11 is 0. The molecule has 0 spiro atoms. The highest BCUT2D eigenvalue weighted by Gasteiger charge is 2.32. The number of amides is 3. The quantitative estimate of drug-likeness (QED) is 0.792. The normalized spacial score (nSPS) is 27.0. The monoisotopic (exact) mass is 308 g/mol. The fourth-order valence-corrected chi connectivity index (χ4v) is 3.84. The third-order valence-electron chi connectivity index (χ3n) is 5.17. The van der Waals surface area contributed by atoms with Gasteiger partial charge in [0.05, 0.1) is 5.92 Å². The Morgan fingerprint density at radius 2 is 1.64 bits per heavy atom. The molecule has 6 nitrogen and oxygen atoms in total. The summed E-state index contributed by atoms with van der Waals surface area (Å²) in [6.07, 6.45) is 6.48. The van der Waals surface area contributed by atoms with Crippen molar-refractivity contribution in [2.24, 2.45) is 5.92 Å². The molecule has 1 unspecified atom stereocenters. The Kier molecular flexibility index (Phi) is 5.18. The molecular formula is C16H28N4O2. The van der Waals surface area contributed by atoms with Gasteiger partial charge in [0.25, 0.3) is 0 Å². The lowest BCUT2D eigenvalue weighted by Crippen LogP contribution is -2.53. The largest absolute Gasteiger partial charge is 0.340 e. The number of likely N-dealkylation sites (tertiary alicyclic amines) is 1. The van der Waals surface area contributed by atoms with Crippen LogP contribution in [0.4, 0.5) is 4.79 Å². The second kappa shape index (κ2) is 7.31. The lowest BCUT2D eigenvalue weighted by Gasteiger charge is -2.36. The van der Waals surface area contributed by atoms with E-state index in [1.807, 2.05) is 9.80 Å². The smallest absolute Gasteiger partial charge is 0.317 e. The number of piperidine rings is 1. The first-order chi connectivity index (χ1) is 10.7. The molecule has 2 aliphatic heterocycles. The summed E-state index contributed by atoms with van der Waals surface area (Å²) < 4.78 is 0. The molecule has 22 heavy (non-hydrogen) atoms. The van der Waals surface area contributed by atoms with E-state index in [0.717, 1.165) is 58.4 Å². The predicted octanol–water partition coefficient (Wildman–Crippen LogP) is 0.782. The second-order valence-electron chi connectivity index (χ2n) is 6.79. The molecule has 1 atom stereocenters. The van der Waals surface area contributed by atoms with Crippen molar-refractivity contribution < 1.29 is 9.59 Å². The summed E-state index contributed by atoms with van der Waals surface area (Å²) in [6, 6.07) is 0.376. The van der Waals surface area contributed by atoms with Gasteiger partial charge in [0.1, 0.15) is 0 Å². The van der Waals surface area contributed by atoms with Crippen molar-refractivity contribution in [2.75, 3.05) is 39.3 Å². The van der Waals surface area contributed by atoms with Crippen LogP contribution in [0, 0.1) is 5.92 Å². The van der Waals surface area contributed by atoms with Gasteiger partial charge in [-0.05, 0) is 25.7 Å². The van der Waals surface area contributed by atoms with E-state index in [0.29, 0.717) is 12.6 Å². The average molecular weight is 308 g/mol. The van der Waals surface area contributed by atoms with E-state index in [2.05, 4.69) is 10.6 Å². The van der Waals surface area contributed by atoms with E-state index in [9.17, 15) is 9.59 Å². The second-order valence-corrected chi connectivity index (χ2v) is 6.79. The summed E-state index contributed by atoms with van der Waals surface area (Å²) in [5.41, 5.74) is 0. The van der Waals surface area contributed by atoms with Crippen molar-refractivity contribution in [2.45, 2.75) is 44.6 Å². The Hall–Kier alpha value is -1.30. The van der Waals surface area contributed by atoms with Gasteiger partial charge in [-0.25, -0.2) is 4.79 Å². The van der Waals surface area contributed by atoms with Gasteiger partial charge < -0.3 is 20.4 Å². The summed E-state index contributed by atoms with van der Waals surface area (Å²) in [5, 5.41) is 6.41. The Labute approximate surface area is 132 Å². The van der Waals surface area contributed by atoms with Gasteiger partial charge in [0.15, 0.2) is 0 Å². The Bertz CT molecular complexity index is 403. The molecule has 2 heterocycles. The van der Waals surface area contributed by atoms with Crippen molar-refractivity contribution in [3.8, 4) is 0 Å². The highest BCUT2D eigenvalue weighted by atomic mass is 16.2. The lowest BCUT2D eigenvalue weighted by molar-refractivity contribution is -0.137. The molecule has 2 N–H and O–H groups in total. The van der Waals surface area contributed by atoms with Gasteiger partial charge in [-0.1, -0.05) is 12.8 Å². The maximum atomic E-state index is 12.6. The topological polar surface area (TPSA) is 64.7 Å². The van der Waals surface area contributed by atoms with E-state index in [1.165, 1.54) is 12.8 Å². The van der Waals surface area contributed by atoms with Crippen LogP contribution in [0.15, 0.2) is 0 Å². The third-order valence-corrected chi connectivity index (χ3v) is 5.17. The minimum atomic E-state index is -0.0128. The third kappa shape index (κ3) is 3.72. The fourth-order valence-electron chi connectivity index (χ4n) is 3.84. The van der Waals surface area contributed by atoms with Crippen molar-refractivity contribution in [1.29, 1.82) is 0 Å². The number of carbonyl (C=O) groups is 2. The number of rotatable bonds is 2. The molecule has 0 aromatic rings. The van der Waals surface area contributed by atoms with Crippen LogP contribution in [0.2, 0.25) is 0 Å². The van der Waals surface area contributed by atoms with Crippen LogP contribution in [0.5, 0.6) is 0 Å². The molecule has 6 heteroatoms. The number of urea groups is 1. The molecule has 124 valence electrons. The standard InChI is InChI=1S/C16H28N4O2/c21-15(19-10-7-17-8-11-19)13-4-3-9-20(12-13)16(22)18-14-5-1-2-6-14/h13-14,17H,1-12H2,(H,18,22). The first kappa shape index (κ1) is 15.6. The summed E-state index contributed by atoms with van der Waals surface area (Å²) in [7, 11) is 0. The minimum Gasteiger partial charge on any atom is -0.340 e. The van der Waals surface area contributed by atoms with Gasteiger partial charge in [0, 0.05) is 45.3 Å². The predicted molar refractivity (Wildman–Crippen MR) is 84.5 cm³/mol. The maximum absolute atomic E-state index is 12.6. The molecule has 0 bridgehead atoms. The van der Waals surface area contributed by atoms with Crippen LogP contribution in [0.3, 0.4) is 0 Å².